The molecule has 2 fully saturated rings. The van der Waals surface area contributed by atoms with Crippen LogP contribution in [0.2, 0.25) is 0 Å². The highest BCUT2D eigenvalue weighted by molar-refractivity contribution is 5.88. The van der Waals surface area contributed by atoms with Crippen molar-refractivity contribution >= 4 is 12.1 Å². The first-order valence-electron chi connectivity index (χ1n) is 14.3. The number of nitrogens with one attached hydrogen (secondary N) is 1. The monoisotopic (exact) mass is 559 g/mol. The molecule has 0 aliphatic carbocycles. The molecule has 0 aromatic heterocycles. The predicted octanol–water partition coefficient (Wildman–Crippen LogP) is 4.53. The summed E-state index contributed by atoms with van der Waals surface area (Å²) >= 11 is 0. The quantitative estimate of drug-likeness (QED) is 0.105. The molecule has 0 bridgehead atoms. The number of hydrogen-bond acceptors (Lipinski definition) is 9. The molecular weight excluding hydrogens is 510 g/mol. The number of carboxylic acids is 1. The zero-order valence-corrected chi connectivity index (χ0v) is 24.0. The van der Waals surface area contributed by atoms with Crippen molar-refractivity contribution in [3.8, 4) is 0 Å². The maximum atomic E-state index is 12.2. The second-order valence-corrected chi connectivity index (χ2v) is 10.2. The Morgan fingerprint density at radius 1 is 0.974 bits per heavy atom. The van der Waals surface area contributed by atoms with E-state index in [1.165, 1.54) is 33.5 Å². The van der Waals surface area contributed by atoms with Crippen molar-refractivity contribution in [2.45, 2.75) is 108 Å². The lowest BCUT2D eigenvalue weighted by Crippen LogP contribution is -2.64. The maximum absolute atomic E-state index is 12.2. The summed E-state index contributed by atoms with van der Waals surface area (Å²) in [6.07, 6.45) is 13.8. The van der Waals surface area contributed by atoms with E-state index in [-0.39, 0.29) is 26.0 Å². The molecule has 3 atom stereocenters. The van der Waals surface area contributed by atoms with Gasteiger partial charge in [-0.05, 0) is 32.1 Å². The van der Waals surface area contributed by atoms with Crippen LogP contribution in [0.4, 0.5) is 4.79 Å². The van der Waals surface area contributed by atoms with Crippen LogP contribution in [0.3, 0.4) is 0 Å². The molecule has 226 valence electrons. The third kappa shape index (κ3) is 11.0. The highest BCUT2D eigenvalue weighted by atomic mass is 16.7. The van der Waals surface area contributed by atoms with Gasteiger partial charge in [0.25, 0.3) is 0 Å². The van der Waals surface area contributed by atoms with E-state index in [0.29, 0.717) is 19.6 Å². The molecule has 2 heterocycles. The number of ether oxygens (including phenoxy) is 7. The van der Waals surface area contributed by atoms with Crippen LogP contribution < -0.4 is 5.32 Å². The van der Waals surface area contributed by atoms with Gasteiger partial charge in [-0.25, -0.2) is 9.59 Å². The fraction of sp³-hybridized carbons (Fsp3) is 0.857. The van der Waals surface area contributed by atoms with Gasteiger partial charge in [-0.2, -0.15) is 0 Å². The van der Waals surface area contributed by atoms with Crippen LogP contribution in [-0.4, -0.2) is 88.3 Å². The van der Waals surface area contributed by atoms with E-state index in [1.54, 1.807) is 0 Å². The summed E-state index contributed by atoms with van der Waals surface area (Å²) in [5.41, 5.74) is -1.80. The molecule has 11 heteroatoms. The summed E-state index contributed by atoms with van der Waals surface area (Å²) in [4.78, 5) is 24.0. The van der Waals surface area contributed by atoms with Crippen molar-refractivity contribution in [1.82, 2.24) is 5.32 Å². The minimum Gasteiger partial charge on any atom is -0.479 e. The van der Waals surface area contributed by atoms with Gasteiger partial charge >= 0.3 is 12.1 Å². The molecule has 0 radical (unpaired) electrons. The summed E-state index contributed by atoms with van der Waals surface area (Å²) in [7, 11) is 2.91. The molecule has 1 amide bonds. The SMILES string of the molecule is CCCCCCC1(CCCCCC/C=C/C[C@H](OCOC)[C@@H](OCOC)[C@@]2(C(=O)O)COC(=O)N2)OCCO1. The third-order valence-corrected chi connectivity index (χ3v) is 7.16. The van der Waals surface area contributed by atoms with Gasteiger partial charge in [-0.1, -0.05) is 51.2 Å². The Bertz CT molecular complexity index is 727. The highest BCUT2D eigenvalue weighted by Crippen LogP contribution is 2.32. The molecule has 0 spiro atoms. The van der Waals surface area contributed by atoms with Crippen LogP contribution in [0.5, 0.6) is 0 Å². The number of alkyl carbamates (subject to hydrolysis) is 1. The van der Waals surface area contributed by atoms with E-state index in [0.717, 1.165) is 51.4 Å². The van der Waals surface area contributed by atoms with E-state index in [1.807, 2.05) is 6.08 Å². The average Bonchev–Trinajstić information content (AvgIpc) is 3.56. The van der Waals surface area contributed by atoms with Crippen molar-refractivity contribution in [1.29, 1.82) is 0 Å². The standard InChI is InChI=1S/C28H49NO10/c1-4-5-6-13-16-27(38-18-19-39-27)17-14-11-9-7-8-10-12-15-23(36-21-33-2)24(37-22-34-3)28(25(30)31)20-35-26(32)29-28/h10,12,23-24H,4-9,11,13-22H2,1-3H3,(H,29,32)(H,30,31)/b12-10+/t23-,24+,28+/m0/s1. The van der Waals surface area contributed by atoms with Gasteiger partial charge in [0, 0.05) is 27.1 Å². The fourth-order valence-electron chi connectivity index (χ4n) is 5.06. The Labute approximate surface area is 232 Å². The van der Waals surface area contributed by atoms with Crippen molar-refractivity contribution in [2.24, 2.45) is 0 Å². The number of rotatable bonds is 23. The number of methoxy groups -OCH3 is 2. The Balaban J connectivity index is 1.80. The lowest BCUT2D eigenvalue weighted by Gasteiger charge is -2.36. The summed E-state index contributed by atoms with van der Waals surface area (Å²) in [6, 6.07) is 0. The van der Waals surface area contributed by atoms with E-state index in [2.05, 4.69) is 18.3 Å². The number of cyclic esters (lactones) is 1. The van der Waals surface area contributed by atoms with Crippen LogP contribution in [0.25, 0.3) is 0 Å². The van der Waals surface area contributed by atoms with Crippen molar-refractivity contribution in [3.05, 3.63) is 12.2 Å². The first kappa shape index (κ1) is 33.4. The molecule has 2 rings (SSSR count). The molecule has 11 nitrogen and oxygen atoms in total. The topological polar surface area (TPSA) is 131 Å². The van der Waals surface area contributed by atoms with Gasteiger partial charge in [0.05, 0.1) is 19.3 Å². The van der Waals surface area contributed by atoms with Crippen LogP contribution in [0, 0.1) is 0 Å². The minimum absolute atomic E-state index is 0.0661. The number of allylic oxidation sites excluding steroid dienone is 1. The van der Waals surface area contributed by atoms with E-state index in [9.17, 15) is 14.7 Å². The van der Waals surface area contributed by atoms with Crippen molar-refractivity contribution in [3.63, 3.8) is 0 Å². The summed E-state index contributed by atoms with van der Waals surface area (Å²) in [5, 5.41) is 12.3. The van der Waals surface area contributed by atoms with Gasteiger partial charge in [-0.15, -0.1) is 0 Å². The molecular formula is C28H49NO10. The molecule has 2 aliphatic heterocycles. The average molecular weight is 560 g/mol. The molecule has 0 unspecified atom stereocenters. The van der Waals surface area contributed by atoms with Crippen LogP contribution in [-0.2, 0) is 38.0 Å². The Hall–Kier alpha value is -1.76. The number of carboxylic acid groups (broad SMARTS) is 1. The second kappa shape index (κ2) is 18.6. The molecule has 39 heavy (non-hydrogen) atoms. The maximum Gasteiger partial charge on any atom is 0.408 e. The second-order valence-electron chi connectivity index (χ2n) is 10.2. The lowest BCUT2D eigenvalue weighted by molar-refractivity contribution is -0.190. The summed E-state index contributed by atoms with van der Waals surface area (Å²) in [5.74, 6) is -1.65. The molecule has 2 N–H and O–H groups in total. The zero-order chi connectivity index (χ0) is 28.4. The number of hydrogen-bond donors (Lipinski definition) is 2. The molecule has 0 saturated carbocycles. The fourth-order valence-corrected chi connectivity index (χ4v) is 5.06. The molecule has 0 aromatic carbocycles. The minimum atomic E-state index is -1.80. The van der Waals surface area contributed by atoms with Gasteiger partial charge < -0.3 is 38.3 Å². The van der Waals surface area contributed by atoms with Crippen molar-refractivity contribution < 1.29 is 47.9 Å². The molecule has 0 aromatic rings. The van der Waals surface area contributed by atoms with Crippen LogP contribution in [0.1, 0.15) is 84.0 Å². The van der Waals surface area contributed by atoms with Crippen molar-refractivity contribution in [2.75, 3.05) is 47.6 Å². The highest BCUT2D eigenvalue weighted by Gasteiger charge is 2.56. The van der Waals surface area contributed by atoms with Gasteiger partial charge in [0.15, 0.2) is 5.79 Å². The summed E-state index contributed by atoms with van der Waals surface area (Å²) < 4.78 is 38.5. The van der Waals surface area contributed by atoms with Gasteiger partial charge in [-0.3, -0.25) is 5.32 Å². The molecule has 2 aliphatic rings. The van der Waals surface area contributed by atoms with E-state index < -0.39 is 29.8 Å². The van der Waals surface area contributed by atoms with E-state index in [4.69, 9.17) is 33.2 Å². The number of carbonyl (C=O) groups excluding carboxylic acids is 1. The molecule has 2 saturated heterocycles. The Morgan fingerprint density at radius 2 is 1.62 bits per heavy atom. The number of amides is 1. The van der Waals surface area contributed by atoms with Crippen LogP contribution in [0.15, 0.2) is 12.2 Å². The Morgan fingerprint density at radius 3 is 2.21 bits per heavy atom. The van der Waals surface area contributed by atoms with Gasteiger partial charge in [0.1, 0.15) is 26.3 Å². The normalized spacial score (nSPS) is 22.2. The first-order valence-corrected chi connectivity index (χ1v) is 14.3. The van der Waals surface area contributed by atoms with E-state index >= 15 is 0 Å². The predicted molar refractivity (Wildman–Crippen MR) is 143 cm³/mol. The smallest absolute Gasteiger partial charge is 0.408 e. The first-order chi connectivity index (χ1) is 18.9. The summed E-state index contributed by atoms with van der Waals surface area (Å²) in [6.45, 7) is 2.97. The Kier molecular flexibility index (Phi) is 15.9. The number of unbranched alkanes of at least 4 members (excludes halogenated alkanes) is 7. The van der Waals surface area contributed by atoms with Crippen LogP contribution >= 0.6 is 0 Å². The van der Waals surface area contributed by atoms with Gasteiger partial charge in [0.2, 0.25) is 5.54 Å². The number of carbonyl (C=O) groups is 2. The zero-order valence-electron chi connectivity index (χ0n) is 24.0. The lowest BCUT2D eigenvalue weighted by atomic mass is 9.88. The third-order valence-electron chi connectivity index (χ3n) is 7.16. The number of aliphatic carboxylic acids is 1. The largest absolute Gasteiger partial charge is 0.479 e.